The van der Waals surface area contributed by atoms with E-state index in [2.05, 4.69) is 40.3 Å². The largest absolute Gasteiger partial charge is 0.465 e. The third kappa shape index (κ3) is 22.9. The molecule has 0 radical (unpaired) electrons. The molecule has 5 aliphatic rings. The van der Waals surface area contributed by atoms with Gasteiger partial charge in [0.05, 0.1) is 154 Å². The molecule has 5 aromatic carbocycles. The average molecular weight is 1720 g/mol. The molecule has 0 saturated carbocycles. The molecule has 0 fully saturated rings. The lowest BCUT2D eigenvalue weighted by Crippen LogP contribution is -2.25. The molecule has 0 bridgehead atoms. The van der Waals surface area contributed by atoms with Gasteiger partial charge in [-0.1, -0.05) is 109 Å². The summed E-state index contributed by atoms with van der Waals surface area (Å²) < 4.78 is 64.1. The fourth-order valence-electron chi connectivity index (χ4n) is 15.0. The Morgan fingerprint density at radius 3 is 1.16 bits per heavy atom. The molecule has 27 heteroatoms. The van der Waals surface area contributed by atoms with Gasteiger partial charge in [0, 0.05) is 31.0 Å². The topological polar surface area (TPSA) is 401 Å². The smallest absolute Gasteiger partial charge is 0.338 e. The van der Waals surface area contributed by atoms with E-state index in [1.165, 1.54) is 13.8 Å². The van der Waals surface area contributed by atoms with E-state index < -0.39 is 71.4 Å². The molecular weight excluding hydrogens is 1620 g/mol. The number of ether oxygens (including phenoxy) is 12. The maximum Gasteiger partial charge on any atom is 0.338 e. The average Bonchev–Trinajstić information content (AvgIpc) is 0.795. The van der Waals surface area contributed by atoms with Crippen molar-refractivity contribution in [2.75, 3.05) is 33.0 Å². The van der Waals surface area contributed by atoms with Gasteiger partial charge in [-0.05, 0) is 194 Å². The highest BCUT2D eigenvalue weighted by Gasteiger charge is 2.42. The third-order valence-electron chi connectivity index (χ3n) is 20.5. The lowest BCUT2D eigenvalue weighted by molar-refractivity contribution is -0.140. The second-order valence-electron chi connectivity index (χ2n) is 29.2. The Kier molecular flexibility index (Phi) is 34.1. The Labute approximate surface area is 738 Å². The predicted octanol–water partition coefficient (Wildman–Crippen LogP) is 18.8. The van der Waals surface area contributed by atoms with Gasteiger partial charge in [-0.3, -0.25) is 19.6 Å². The van der Waals surface area contributed by atoms with Crippen LogP contribution in [0.25, 0.3) is 22.2 Å². The highest BCUT2D eigenvalue weighted by atomic mass is 16.6. The molecule has 0 spiro atoms. The van der Waals surface area contributed by atoms with E-state index in [0.717, 1.165) is 66.7 Å². The number of fused-ring (bicyclic) bond motifs is 1. The maximum absolute atomic E-state index is 12.6. The van der Waals surface area contributed by atoms with Crippen LogP contribution in [0.2, 0.25) is 0 Å². The summed E-state index contributed by atoms with van der Waals surface area (Å²) in [4.78, 5) is 94.0. The summed E-state index contributed by atoms with van der Waals surface area (Å²) in [6.07, 6.45) is 1.74. The van der Waals surface area contributed by atoms with Gasteiger partial charge in [0.25, 0.3) is 0 Å². The number of hydrogen-bond acceptors (Lipinski definition) is 27. The number of carbonyl (C=O) groups excluding carboxylic acids is 7. The SMILES string of the molecule is CCOC(=O)C1=C(C)OC(C)=C(C#N)C1c1cc(C)c(OC(C)=O)c(C)c1.CCOC(=O)C1=C(C)OC(C)=C(C#N)C1c1ccc(-c2ccccn2)cc1.CCOC(=O)C1=C(C)OC(C)=C(C#N)C1c1ccc(OC(C)=O)c(C)c1.CCOC(=O)C1=C(C)OC(C)=C(C#N)C1c1ccc2ccccc2n1.CCOC(=O)C1=C(C)OC(N)=C(C#N)C1c1cccc(C)c1. The van der Waals surface area contributed by atoms with E-state index >= 15 is 0 Å². The lowest BCUT2D eigenvalue weighted by atomic mass is 9.81. The number of para-hydroxylation sites is 1. The Morgan fingerprint density at radius 2 is 0.748 bits per heavy atom. The van der Waals surface area contributed by atoms with E-state index in [9.17, 15) is 59.9 Å². The summed E-state index contributed by atoms with van der Waals surface area (Å²) in [5, 5.41) is 49.0. The molecule has 7 heterocycles. The second kappa shape index (κ2) is 44.6. The van der Waals surface area contributed by atoms with Gasteiger partial charge < -0.3 is 62.6 Å². The predicted molar refractivity (Wildman–Crippen MR) is 468 cm³/mol. The normalized spacial score (nSPS) is 17.0. The first-order valence-corrected chi connectivity index (χ1v) is 40.8. The van der Waals surface area contributed by atoms with Gasteiger partial charge >= 0.3 is 41.8 Å². The fraction of sp³-hybridized carbons (Fsp3) is 0.300. The van der Waals surface area contributed by atoms with Crippen molar-refractivity contribution in [2.24, 2.45) is 5.73 Å². The fourth-order valence-corrected chi connectivity index (χ4v) is 15.0. The Hall–Kier alpha value is -15.4. The number of rotatable bonds is 18. The monoisotopic (exact) mass is 1720 g/mol. The number of carbonyl (C=O) groups is 7. The van der Waals surface area contributed by atoms with Crippen LogP contribution in [-0.2, 0) is 80.9 Å². The van der Waals surface area contributed by atoms with Gasteiger partial charge in [0.1, 0.15) is 75.0 Å². The number of nitrogens with two attached hydrogens (primary N) is 1. The minimum Gasteiger partial charge on any atom is -0.465 e. The maximum atomic E-state index is 12.6. The van der Waals surface area contributed by atoms with Crippen LogP contribution in [0.4, 0.5) is 0 Å². The van der Waals surface area contributed by atoms with Crippen LogP contribution in [0.5, 0.6) is 11.5 Å². The van der Waals surface area contributed by atoms with Crippen molar-refractivity contribution in [2.45, 2.75) is 168 Å². The van der Waals surface area contributed by atoms with Crippen LogP contribution in [0.15, 0.2) is 253 Å². The zero-order chi connectivity index (χ0) is 93.4. The number of aryl methyl sites for hydroxylation is 4. The highest BCUT2D eigenvalue weighted by Crippen LogP contribution is 2.47. The number of pyridine rings is 2. The Balaban J connectivity index is 0.000000197. The Morgan fingerprint density at radius 1 is 0.370 bits per heavy atom. The lowest BCUT2D eigenvalue weighted by Gasteiger charge is -2.28. The van der Waals surface area contributed by atoms with Crippen LogP contribution in [-0.4, -0.2) is 84.8 Å². The molecule has 0 saturated heterocycles. The van der Waals surface area contributed by atoms with Crippen molar-refractivity contribution in [3.05, 3.63) is 303 Å². The quantitative estimate of drug-likeness (QED) is 0.0473. The summed E-state index contributed by atoms with van der Waals surface area (Å²) in [7, 11) is 0. The second-order valence-corrected chi connectivity index (χ2v) is 29.2. The summed E-state index contributed by atoms with van der Waals surface area (Å²) in [5.74, 6) is -1.27. The van der Waals surface area contributed by atoms with E-state index in [4.69, 9.17) is 62.6 Å². The summed E-state index contributed by atoms with van der Waals surface area (Å²) in [6, 6.07) is 52.1. The molecule has 5 atom stereocenters. The number of allylic oxidation sites excluding steroid dienone is 14. The van der Waals surface area contributed by atoms with Gasteiger partial charge in [0.15, 0.2) is 0 Å². The van der Waals surface area contributed by atoms with Gasteiger partial charge in [-0.15, -0.1) is 0 Å². The van der Waals surface area contributed by atoms with Crippen molar-refractivity contribution >= 4 is 52.7 Å². The number of hydrogen-bond donors (Lipinski definition) is 1. The molecular formula is C100H100N8O19. The standard InChI is InChI=1S/C22H20N2O3.C21H23NO5.C20H18N2O3.C20H21NO5.C17H18N2O3/c1-4-26-22(25)20-15(3)27-14(2)18(13-23)21(20)17-10-8-16(9-11-17)19-7-5-6-12-24-19;1-7-25-21(24)18-14(5)26-13(4)17(10-22)19(18)16-8-11(2)20(12(3)9-16)27-15(6)23;1-4-24-20(23)18-13(3)25-12(2)15(11-21)19(18)17-10-9-14-7-5-6-8-16(14)22-17;1-6-24-20(23)18-13(4)25-12(3)16(10-21)19(18)15-7-8-17(11(2)9-15)26-14(5)22;1-4-21-17(20)14-11(3)22-16(19)13(9-18)15(14)12-7-5-6-10(2)8-12/h5-12,21H,4H2,1-3H3;8-9,19H,7H2,1-6H3;5-10,19H,4H2,1-3H3;7-9,19H,6H2,1-5H3;5-8,15H,4,19H2,1-3H3. The number of esters is 7. The molecule has 127 heavy (non-hydrogen) atoms. The first-order chi connectivity index (χ1) is 60.6. The number of aromatic nitrogens is 2. The molecule has 27 nitrogen and oxygen atoms in total. The first-order valence-electron chi connectivity index (χ1n) is 40.8. The van der Waals surface area contributed by atoms with Crippen LogP contribution in [0.1, 0.15) is 191 Å². The minimum atomic E-state index is -0.605. The van der Waals surface area contributed by atoms with Crippen molar-refractivity contribution in [1.29, 1.82) is 26.3 Å². The molecule has 2 aromatic heterocycles. The van der Waals surface area contributed by atoms with Crippen molar-refractivity contribution < 1.29 is 90.4 Å². The Bertz CT molecular complexity index is 6050. The molecule has 5 aliphatic heterocycles. The molecule has 654 valence electrons. The molecule has 0 amide bonds. The van der Waals surface area contributed by atoms with Gasteiger partial charge in [-0.25, -0.2) is 24.0 Å². The molecule has 12 rings (SSSR count). The van der Waals surface area contributed by atoms with Gasteiger partial charge in [-0.2, -0.15) is 26.3 Å². The summed E-state index contributed by atoms with van der Waals surface area (Å²) >= 11 is 0. The van der Waals surface area contributed by atoms with E-state index in [-0.39, 0.29) is 44.5 Å². The minimum absolute atomic E-state index is 0.0274. The highest BCUT2D eigenvalue weighted by molar-refractivity contribution is 5.96. The van der Waals surface area contributed by atoms with Crippen molar-refractivity contribution in [3.8, 4) is 53.1 Å². The zero-order valence-electron chi connectivity index (χ0n) is 74.7. The summed E-state index contributed by atoms with van der Waals surface area (Å²) in [6.45, 7) is 35.2. The number of nitrogens with zero attached hydrogens (tertiary/aromatic N) is 7. The van der Waals surface area contributed by atoms with E-state index in [0.29, 0.717) is 119 Å². The van der Waals surface area contributed by atoms with Gasteiger partial charge in [0.2, 0.25) is 5.88 Å². The molecule has 7 aromatic rings. The van der Waals surface area contributed by atoms with Crippen molar-refractivity contribution in [1.82, 2.24) is 9.97 Å². The molecule has 2 N–H and O–H groups in total. The zero-order valence-corrected chi connectivity index (χ0v) is 74.7. The van der Waals surface area contributed by atoms with Crippen LogP contribution < -0.4 is 15.2 Å². The molecule has 0 aliphatic carbocycles. The van der Waals surface area contributed by atoms with Crippen LogP contribution in [0, 0.1) is 84.4 Å². The van der Waals surface area contributed by atoms with Crippen molar-refractivity contribution in [3.63, 3.8) is 0 Å². The van der Waals surface area contributed by atoms with Crippen LogP contribution in [0.3, 0.4) is 0 Å². The van der Waals surface area contributed by atoms with E-state index in [1.807, 2.05) is 136 Å². The molecule has 5 unspecified atom stereocenters. The van der Waals surface area contributed by atoms with E-state index in [1.54, 1.807) is 128 Å². The number of nitriles is 5. The third-order valence-corrected chi connectivity index (χ3v) is 20.5. The first kappa shape index (κ1) is 97.1. The van der Waals surface area contributed by atoms with Crippen LogP contribution >= 0.6 is 0 Å². The number of benzene rings is 5. The summed E-state index contributed by atoms with van der Waals surface area (Å²) in [5.41, 5.74) is 18.7.